The first kappa shape index (κ1) is 22.3. The Morgan fingerprint density at radius 1 is 1.15 bits per heavy atom. The molecule has 3 aliphatic rings. The minimum absolute atomic E-state index is 0.0676. The van der Waals surface area contributed by atoms with Gasteiger partial charge in [-0.2, -0.15) is 0 Å². The number of benzene rings is 1. The number of hydrogen-bond donors (Lipinski definition) is 3. The molecule has 0 unspecified atom stereocenters. The van der Waals surface area contributed by atoms with Crippen molar-refractivity contribution in [2.75, 3.05) is 31.6 Å². The second-order valence-electron chi connectivity index (χ2n) is 9.79. The fourth-order valence-electron chi connectivity index (χ4n) is 5.91. The highest BCUT2D eigenvalue weighted by Crippen LogP contribution is 2.41. The predicted octanol–water partition coefficient (Wildman–Crippen LogP) is 3.49. The van der Waals surface area contributed by atoms with Crippen LogP contribution in [0.15, 0.2) is 36.4 Å². The van der Waals surface area contributed by atoms with E-state index in [-0.39, 0.29) is 5.91 Å². The number of carbonyl (C=O) groups is 1. The van der Waals surface area contributed by atoms with Gasteiger partial charge >= 0.3 is 0 Å². The highest BCUT2D eigenvalue weighted by atomic mass is 16.5. The molecule has 0 radical (unpaired) electrons. The maximum Gasteiger partial charge on any atom is 0.251 e. The molecule has 0 bridgehead atoms. The zero-order chi connectivity index (χ0) is 22.6. The molecule has 5 rings (SSSR count). The van der Waals surface area contributed by atoms with Crippen molar-refractivity contribution in [3.8, 4) is 11.3 Å². The summed E-state index contributed by atoms with van der Waals surface area (Å²) in [5, 5.41) is 19.2. The van der Waals surface area contributed by atoms with Gasteiger partial charge in [-0.15, -0.1) is 10.2 Å². The monoisotopic (exact) mass is 449 g/mol. The van der Waals surface area contributed by atoms with E-state index in [4.69, 9.17) is 4.74 Å². The van der Waals surface area contributed by atoms with Crippen molar-refractivity contribution < 1.29 is 9.53 Å². The topological polar surface area (TPSA) is 88.2 Å². The molecular weight excluding hydrogens is 414 g/mol. The number of ether oxygens (including phenoxy) is 1. The lowest BCUT2D eigenvalue weighted by atomic mass is 9.85. The summed E-state index contributed by atoms with van der Waals surface area (Å²) in [4.78, 5) is 12.1. The molecule has 3 N–H and O–H groups in total. The SMILES string of the molecule is CCNC(=O)c1cccc(-c2ccc(N[C@H]3C[C@@H]4CN[C@@H](CC5CCOCC5)[C@H]4C3)nn2)c1. The lowest BCUT2D eigenvalue weighted by molar-refractivity contribution is 0.0594. The summed E-state index contributed by atoms with van der Waals surface area (Å²) < 4.78 is 5.54. The van der Waals surface area contributed by atoms with E-state index in [1.54, 1.807) is 0 Å². The molecule has 1 saturated carbocycles. The van der Waals surface area contributed by atoms with Crippen LogP contribution in [0.4, 0.5) is 5.82 Å². The minimum Gasteiger partial charge on any atom is -0.381 e. The molecule has 2 saturated heterocycles. The Hall–Kier alpha value is -2.51. The van der Waals surface area contributed by atoms with E-state index in [1.165, 1.54) is 32.1 Å². The lowest BCUT2D eigenvalue weighted by Gasteiger charge is -2.27. The smallest absolute Gasteiger partial charge is 0.251 e. The molecule has 176 valence electrons. The fourth-order valence-corrected chi connectivity index (χ4v) is 5.91. The number of anilines is 1. The van der Waals surface area contributed by atoms with Crippen LogP contribution in [-0.2, 0) is 4.74 Å². The van der Waals surface area contributed by atoms with Gasteiger partial charge in [-0.05, 0) is 87.6 Å². The third kappa shape index (κ3) is 5.20. The molecule has 1 aliphatic carbocycles. The Morgan fingerprint density at radius 2 is 2.03 bits per heavy atom. The zero-order valence-corrected chi connectivity index (χ0v) is 19.4. The van der Waals surface area contributed by atoms with Crippen LogP contribution >= 0.6 is 0 Å². The summed E-state index contributed by atoms with van der Waals surface area (Å²) in [7, 11) is 0. The van der Waals surface area contributed by atoms with Crippen molar-refractivity contribution in [2.24, 2.45) is 17.8 Å². The van der Waals surface area contributed by atoms with Gasteiger partial charge in [-0.1, -0.05) is 12.1 Å². The Morgan fingerprint density at radius 3 is 2.82 bits per heavy atom. The number of nitrogens with one attached hydrogen (secondary N) is 3. The summed E-state index contributed by atoms with van der Waals surface area (Å²) >= 11 is 0. The highest BCUT2D eigenvalue weighted by Gasteiger charge is 2.43. The number of fused-ring (bicyclic) bond motifs is 1. The molecule has 1 aromatic carbocycles. The van der Waals surface area contributed by atoms with Crippen LogP contribution in [0.1, 0.15) is 49.4 Å². The second kappa shape index (κ2) is 10.2. The van der Waals surface area contributed by atoms with Gasteiger partial charge in [0, 0.05) is 43.0 Å². The van der Waals surface area contributed by atoms with Crippen LogP contribution < -0.4 is 16.0 Å². The molecule has 1 aromatic heterocycles. The lowest BCUT2D eigenvalue weighted by Crippen LogP contribution is -2.33. The number of carbonyl (C=O) groups excluding carboxylic acids is 1. The van der Waals surface area contributed by atoms with Crippen molar-refractivity contribution >= 4 is 11.7 Å². The quantitative estimate of drug-likeness (QED) is 0.600. The average Bonchev–Trinajstić information content (AvgIpc) is 3.41. The Balaban J connectivity index is 1.18. The van der Waals surface area contributed by atoms with E-state index in [2.05, 4.69) is 26.1 Å². The average molecular weight is 450 g/mol. The van der Waals surface area contributed by atoms with Gasteiger partial charge in [0.1, 0.15) is 5.82 Å². The third-order valence-corrected chi connectivity index (χ3v) is 7.61. The van der Waals surface area contributed by atoms with E-state index in [1.807, 2.05) is 43.3 Å². The molecule has 33 heavy (non-hydrogen) atoms. The van der Waals surface area contributed by atoms with Crippen molar-refractivity contribution in [1.29, 1.82) is 0 Å². The van der Waals surface area contributed by atoms with Crippen LogP contribution in [0, 0.1) is 17.8 Å². The van der Waals surface area contributed by atoms with Crippen LogP contribution in [0.3, 0.4) is 0 Å². The van der Waals surface area contributed by atoms with Gasteiger partial charge in [-0.25, -0.2) is 0 Å². The van der Waals surface area contributed by atoms with Crippen molar-refractivity contribution in [1.82, 2.24) is 20.8 Å². The number of hydrogen-bond acceptors (Lipinski definition) is 6. The molecule has 2 aliphatic heterocycles. The van der Waals surface area contributed by atoms with Crippen LogP contribution in [0.2, 0.25) is 0 Å². The Bertz CT molecular complexity index is 944. The molecule has 3 fully saturated rings. The van der Waals surface area contributed by atoms with Gasteiger partial charge in [0.2, 0.25) is 0 Å². The number of nitrogens with zero attached hydrogens (tertiary/aromatic N) is 2. The number of amides is 1. The first-order valence-corrected chi connectivity index (χ1v) is 12.5. The standard InChI is InChI=1S/C26H35N5O2/c1-2-27-26(32)19-5-3-4-18(13-19)23-6-7-25(31-30-23)29-21-14-20-16-28-24(22(20)15-21)12-17-8-10-33-11-9-17/h3-7,13,17,20-22,24,28H,2,8-12,14-16H2,1H3,(H,27,32)(H,29,31)/t20-,21+,22+,24+/m1/s1. The molecule has 2 aromatic rings. The highest BCUT2D eigenvalue weighted by molar-refractivity contribution is 5.95. The van der Waals surface area contributed by atoms with E-state index in [0.29, 0.717) is 24.2 Å². The van der Waals surface area contributed by atoms with Gasteiger partial charge in [0.15, 0.2) is 0 Å². The third-order valence-electron chi connectivity index (χ3n) is 7.61. The van der Waals surface area contributed by atoms with Gasteiger partial charge < -0.3 is 20.7 Å². The molecule has 7 heteroatoms. The zero-order valence-electron chi connectivity index (χ0n) is 19.4. The van der Waals surface area contributed by atoms with E-state index >= 15 is 0 Å². The first-order chi connectivity index (χ1) is 16.2. The maximum absolute atomic E-state index is 12.1. The molecule has 0 spiro atoms. The van der Waals surface area contributed by atoms with Gasteiger partial charge in [-0.3, -0.25) is 4.79 Å². The van der Waals surface area contributed by atoms with E-state index < -0.39 is 0 Å². The number of rotatable bonds is 7. The predicted molar refractivity (Wildman–Crippen MR) is 129 cm³/mol. The minimum atomic E-state index is -0.0676. The van der Waals surface area contributed by atoms with Crippen LogP contribution in [0.25, 0.3) is 11.3 Å². The van der Waals surface area contributed by atoms with Gasteiger partial charge in [0.25, 0.3) is 5.91 Å². The van der Waals surface area contributed by atoms with Crippen molar-refractivity contribution in [3.63, 3.8) is 0 Å². The Kier molecular flexibility index (Phi) is 6.88. The number of aromatic nitrogens is 2. The van der Waals surface area contributed by atoms with Crippen molar-refractivity contribution in [3.05, 3.63) is 42.0 Å². The summed E-state index contributed by atoms with van der Waals surface area (Å²) in [5.41, 5.74) is 2.31. The van der Waals surface area contributed by atoms with E-state index in [9.17, 15) is 4.79 Å². The van der Waals surface area contributed by atoms with Crippen LogP contribution in [-0.4, -0.2) is 54.5 Å². The molecule has 4 atom stereocenters. The molecule has 7 nitrogen and oxygen atoms in total. The normalized spacial score (nSPS) is 27.3. The van der Waals surface area contributed by atoms with Crippen LogP contribution in [0.5, 0.6) is 0 Å². The summed E-state index contributed by atoms with van der Waals surface area (Å²) in [6.45, 7) is 5.53. The largest absolute Gasteiger partial charge is 0.381 e. The summed E-state index contributed by atoms with van der Waals surface area (Å²) in [6.07, 6.45) is 6.11. The molecule has 3 heterocycles. The first-order valence-electron chi connectivity index (χ1n) is 12.5. The summed E-state index contributed by atoms with van der Waals surface area (Å²) in [5.74, 6) is 3.10. The van der Waals surface area contributed by atoms with E-state index in [0.717, 1.165) is 54.6 Å². The fraction of sp³-hybridized carbons (Fsp3) is 0.577. The Labute approximate surface area is 196 Å². The molecule has 1 amide bonds. The summed E-state index contributed by atoms with van der Waals surface area (Å²) in [6, 6.07) is 12.6. The second-order valence-corrected chi connectivity index (χ2v) is 9.79. The maximum atomic E-state index is 12.1. The molecular formula is C26H35N5O2. The van der Waals surface area contributed by atoms with Crippen molar-refractivity contribution in [2.45, 2.75) is 51.1 Å². The van der Waals surface area contributed by atoms with Gasteiger partial charge in [0.05, 0.1) is 5.69 Å².